The fourth-order valence-electron chi connectivity index (χ4n) is 4.41. The van der Waals surface area contributed by atoms with Gasteiger partial charge in [-0.3, -0.25) is 4.79 Å². The molecule has 1 aliphatic rings. The molecule has 0 spiro atoms. The van der Waals surface area contributed by atoms with Crippen LogP contribution < -0.4 is 15.4 Å². The lowest BCUT2D eigenvalue weighted by molar-refractivity contribution is -0.137. The summed E-state index contributed by atoms with van der Waals surface area (Å²) in [6.45, 7) is 2.33. The highest BCUT2D eigenvalue weighted by atomic mass is 19.4. The maximum atomic E-state index is 13.4. The van der Waals surface area contributed by atoms with Gasteiger partial charge in [-0.1, -0.05) is 18.6 Å². The van der Waals surface area contributed by atoms with Gasteiger partial charge in [0.1, 0.15) is 5.75 Å². The second-order valence-electron chi connectivity index (χ2n) is 9.52. The summed E-state index contributed by atoms with van der Waals surface area (Å²) >= 11 is 0. The van der Waals surface area contributed by atoms with Crippen molar-refractivity contribution < 1.29 is 22.7 Å². The van der Waals surface area contributed by atoms with Crippen LogP contribution in [0.25, 0.3) is 22.0 Å². The highest BCUT2D eigenvalue weighted by Gasteiger charge is 2.32. The number of amides is 1. The van der Waals surface area contributed by atoms with Gasteiger partial charge in [-0.25, -0.2) is 9.97 Å². The number of aromatic nitrogens is 2. The topological polar surface area (TPSA) is 76.1 Å². The molecule has 6 nitrogen and oxygen atoms in total. The second-order valence-corrected chi connectivity index (χ2v) is 9.52. The molecule has 9 heteroatoms. The first-order valence-electron chi connectivity index (χ1n) is 12.4. The van der Waals surface area contributed by atoms with E-state index >= 15 is 0 Å². The molecule has 2 N–H and O–H groups in total. The lowest BCUT2D eigenvalue weighted by atomic mass is 9.86. The molecule has 1 fully saturated rings. The summed E-state index contributed by atoms with van der Waals surface area (Å²) in [6, 6.07) is 14.2. The van der Waals surface area contributed by atoms with Crippen LogP contribution in [0.4, 0.5) is 24.8 Å². The van der Waals surface area contributed by atoms with E-state index in [1.54, 1.807) is 25.4 Å². The Kier molecular flexibility index (Phi) is 6.93. The number of aryl methyl sites for hydroxylation is 1. The predicted octanol–water partition coefficient (Wildman–Crippen LogP) is 7.10. The van der Waals surface area contributed by atoms with Gasteiger partial charge in [0.05, 0.1) is 23.3 Å². The van der Waals surface area contributed by atoms with E-state index in [1.165, 1.54) is 6.07 Å². The Morgan fingerprint density at radius 2 is 1.89 bits per heavy atom. The van der Waals surface area contributed by atoms with E-state index in [1.807, 2.05) is 31.2 Å². The summed E-state index contributed by atoms with van der Waals surface area (Å²) in [5, 5.41) is 6.53. The SMILES string of the molecule is CNc1ncc2cc(-c3cc(NC(=O)c4cc(C(F)(F)F)ccc4OCC4CCC4)ccc3C)ccc2n1. The first kappa shape index (κ1) is 25.5. The van der Waals surface area contributed by atoms with E-state index < -0.39 is 17.6 Å². The minimum Gasteiger partial charge on any atom is -0.492 e. The number of hydrogen-bond donors (Lipinski definition) is 2. The molecule has 5 rings (SSSR count). The number of ether oxygens (including phenoxy) is 1. The Labute approximate surface area is 218 Å². The van der Waals surface area contributed by atoms with Crippen molar-refractivity contribution in [1.29, 1.82) is 0 Å². The highest BCUT2D eigenvalue weighted by Crippen LogP contribution is 2.35. The van der Waals surface area contributed by atoms with Crippen molar-refractivity contribution >= 4 is 28.4 Å². The van der Waals surface area contributed by atoms with Gasteiger partial charge in [0.15, 0.2) is 0 Å². The van der Waals surface area contributed by atoms with E-state index in [4.69, 9.17) is 4.74 Å². The van der Waals surface area contributed by atoms with Gasteiger partial charge in [0.25, 0.3) is 5.91 Å². The Balaban J connectivity index is 1.43. The van der Waals surface area contributed by atoms with Crippen LogP contribution in [0, 0.1) is 12.8 Å². The van der Waals surface area contributed by atoms with Gasteiger partial charge in [-0.15, -0.1) is 0 Å². The molecule has 0 radical (unpaired) electrons. The molecule has 0 atom stereocenters. The molecule has 0 bridgehead atoms. The van der Waals surface area contributed by atoms with Gasteiger partial charge in [-0.05, 0) is 84.8 Å². The summed E-state index contributed by atoms with van der Waals surface area (Å²) in [4.78, 5) is 21.9. The molecule has 1 saturated carbocycles. The average molecular weight is 521 g/mol. The zero-order chi connectivity index (χ0) is 26.9. The predicted molar refractivity (Wildman–Crippen MR) is 141 cm³/mol. The number of anilines is 2. The highest BCUT2D eigenvalue weighted by molar-refractivity contribution is 6.06. The minimum atomic E-state index is -4.58. The van der Waals surface area contributed by atoms with Crippen molar-refractivity contribution in [3.05, 3.63) is 77.5 Å². The molecule has 1 heterocycles. The van der Waals surface area contributed by atoms with Crippen molar-refractivity contribution in [2.75, 3.05) is 24.3 Å². The third-order valence-electron chi connectivity index (χ3n) is 6.86. The third kappa shape index (κ3) is 5.41. The van der Waals surface area contributed by atoms with Crippen molar-refractivity contribution in [2.24, 2.45) is 5.92 Å². The normalized spacial score (nSPS) is 13.7. The van der Waals surface area contributed by atoms with Gasteiger partial charge in [-0.2, -0.15) is 13.2 Å². The van der Waals surface area contributed by atoms with Crippen LogP contribution in [-0.4, -0.2) is 29.5 Å². The van der Waals surface area contributed by atoms with Gasteiger partial charge < -0.3 is 15.4 Å². The smallest absolute Gasteiger partial charge is 0.416 e. The molecule has 0 aliphatic heterocycles. The van der Waals surface area contributed by atoms with Crippen LogP contribution in [0.2, 0.25) is 0 Å². The van der Waals surface area contributed by atoms with Crippen molar-refractivity contribution in [1.82, 2.24) is 9.97 Å². The maximum absolute atomic E-state index is 13.4. The zero-order valence-corrected chi connectivity index (χ0v) is 21.0. The van der Waals surface area contributed by atoms with Gasteiger partial charge in [0, 0.05) is 24.3 Å². The third-order valence-corrected chi connectivity index (χ3v) is 6.86. The lowest BCUT2D eigenvalue weighted by Crippen LogP contribution is -2.21. The number of benzene rings is 3. The monoisotopic (exact) mass is 520 g/mol. The van der Waals surface area contributed by atoms with Gasteiger partial charge in [0.2, 0.25) is 5.95 Å². The molecular weight excluding hydrogens is 493 g/mol. The molecule has 3 aromatic carbocycles. The van der Waals surface area contributed by atoms with Crippen LogP contribution in [0.5, 0.6) is 5.75 Å². The van der Waals surface area contributed by atoms with Crippen LogP contribution in [0.1, 0.15) is 40.7 Å². The Morgan fingerprint density at radius 1 is 1.08 bits per heavy atom. The number of alkyl halides is 3. The van der Waals surface area contributed by atoms with Crippen LogP contribution in [0.15, 0.2) is 60.8 Å². The molecule has 196 valence electrons. The Bertz CT molecular complexity index is 1500. The summed E-state index contributed by atoms with van der Waals surface area (Å²) in [7, 11) is 1.75. The molecule has 1 aromatic heterocycles. The fourth-order valence-corrected chi connectivity index (χ4v) is 4.41. The minimum absolute atomic E-state index is 0.144. The van der Waals surface area contributed by atoms with Crippen molar-refractivity contribution in [2.45, 2.75) is 32.4 Å². The Hall–Kier alpha value is -4.14. The lowest BCUT2D eigenvalue weighted by Gasteiger charge is -2.25. The number of halogens is 3. The largest absolute Gasteiger partial charge is 0.492 e. The van der Waals surface area contributed by atoms with Crippen LogP contribution >= 0.6 is 0 Å². The zero-order valence-electron chi connectivity index (χ0n) is 21.0. The first-order valence-corrected chi connectivity index (χ1v) is 12.4. The number of fused-ring (bicyclic) bond motifs is 1. The number of carbonyl (C=O) groups is 1. The fraction of sp³-hybridized carbons (Fsp3) is 0.276. The molecule has 0 saturated heterocycles. The molecule has 38 heavy (non-hydrogen) atoms. The molecule has 0 unspecified atom stereocenters. The quantitative estimate of drug-likeness (QED) is 0.272. The Morgan fingerprint density at radius 3 is 2.61 bits per heavy atom. The van der Waals surface area contributed by atoms with E-state index in [-0.39, 0.29) is 11.3 Å². The summed E-state index contributed by atoms with van der Waals surface area (Å²) in [5.74, 6) is 0.369. The second kappa shape index (κ2) is 10.3. The summed E-state index contributed by atoms with van der Waals surface area (Å²) in [5.41, 5.74) is 2.93. The van der Waals surface area contributed by atoms with E-state index in [9.17, 15) is 18.0 Å². The maximum Gasteiger partial charge on any atom is 0.416 e. The molecule has 1 aliphatic carbocycles. The number of rotatable bonds is 7. The van der Waals surface area contributed by atoms with Crippen LogP contribution in [0.3, 0.4) is 0 Å². The van der Waals surface area contributed by atoms with Crippen molar-refractivity contribution in [3.8, 4) is 16.9 Å². The van der Waals surface area contributed by atoms with E-state index in [0.717, 1.165) is 59.0 Å². The first-order chi connectivity index (χ1) is 18.2. The molecule has 4 aromatic rings. The number of carbonyl (C=O) groups excluding carboxylic acids is 1. The van der Waals surface area contributed by atoms with Gasteiger partial charge >= 0.3 is 6.18 Å². The summed E-state index contributed by atoms with van der Waals surface area (Å²) in [6.07, 6.45) is 0.312. The summed E-state index contributed by atoms with van der Waals surface area (Å²) < 4.78 is 46.1. The van der Waals surface area contributed by atoms with Crippen molar-refractivity contribution in [3.63, 3.8) is 0 Å². The number of hydrogen-bond acceptors (Lipinski definition) is 5. The molecular formula is C29H27F3N4O2. The average Bonchev–Trinajstić information content (AvgIpc) is 2.87. The van der Waals surface area contributed by atoms with E-state index in [2.05, 4.69) is 20.6 Å². The standard InChI is InChI=1S/C29H27F3N4O2/c1-17-6-9-22(14-23(17)19-7-10-25-20(12-19)15-34-28(33-2)36-25)35-27(37)24-13-21(29(30,31)32)8-11-26(24)38-16-18-4-3-5-18/h6-15,18H,3-5,16H2,1-2H3,(H,35,37)(H,33,34,36). The van der Waals surface area contributed by atoms with Crippen LogP contribution in [-0.2, 0) is 6.18 Å². The number of nitrogens with zero attached hydrogens (tertiary/aromatic N) is 2. The number of nitrogens with one attached hydrogen (secondary N) is 2. The molecule has 1 amide bonds. The van der Waals surface area contributed by atoms with E-state index in [0.29, 0.717) is 24.2 Å².